The number of ether oxygens (including phenoxy) is 2. The molecule has 0 amide bonds. The maximum atomic E-state index is 10.3. The molecule has 3 heteroatoms. The SMILES string of the molecule is COCc1ccccc1C1C[C@@H](O)c2ccccc2O1. The second-order valence-corrected chi connectivity index (χ2v) is 5.03. The molecule has 0 spiro atoms. The zero-order valence-corrected chi connectivity index (χ0v) is 11.5. The van der Waals surface area contributed by atoms with E-state index >= 15 is 0 Å². The van der Waals surface area contributed by atoms with Crippen molar-refractivity contribution in [3.63, 3.8) is 0 Å². The van der Waals surface area contributed by atoms with Gasteiger partial charge in [0.15, 0.2) is 0 Å². The van der Waals surface area contributed by atoms with Crippen LogP contribution in [0, 0.1) is 0 Å². The maximum Gasteiger partial charge on any atom is 0.127 e. The van der Waals surface area contributed by atoms with Crippen LogP contribution in [0.2, 0.25) is 0 Å². The Hall–Kier alpha value is -1.84. The van der Waals surface area contributed by atoms with E-state index in [9.17, 15) is 5.11 Å². The number of hydrogen-bond acceptors (Lipinski definition) is 3. The van der Waals surface area contributed by atoms with Gasteiger partial charge in [0.05, 0.1) is 12.7 Å². The molecule has 104 valence electrons. The molecular formula is C17H18O3. The highest BCUT2D eigenvalue weighted by Crippen LogP contribution is 2.41. The Bertz CT molecular complexity index is 594. The number of para-hydroxylation sites is 1. The molecule has 1 heterocycles. The van der Waals surface area contributed by atoms with E-state index in [0.717, 1.165) is 22.4 Å². The summed E-state index contributed by atoms with van der Waals surface area (Å²) >= 11 is 0. The van der Waals surface area contributed by atoms with Crippen molar-refractivity contribution >= 4 is 0 Å². The predicted octanol–water partition coefficient (Wildman–Crippen LogP) is 3.39. The van der Waals surface area contributed by atoms with Crippen molar-refractivity contribution in [2.75, 3.05) is 7.11 Å². The van der Waals surface area contributed by atoms with Gasteiger partial charge in [-0.05, 0) is 17.2 Å². The van der Waals surface area contributed by atoms with E-state index in [1.165, 1.54) is 0 Å². The monoisotopic (exact) mass is 270 g/mol. The second-order valence-electron chi connectivity index (χ2n) is 5.03. The molecule has 2 aromatic rings. The van der Waals surface area contributed by atoms with Crippen molar-refractivity contribution in [2.45, 2.75) is 25.2 Å². The predicted molar refractivity (Wildman–Crippen MR) is 76.5 cm³/mol. The summed E-state index contributed by atoms with van der Waals surface area (Å²) in [5, 5.41) is 10.3. The lowest BCUT2D eigenvalue weighted by molar-refractivity contribution is 0.0642. The van der Waals surface area contributed by atoms with E-state index in [2.05, 4.69) is 0 Å². The summed E-state index contributed by atoms with van der Waals surface area (Å²) in [5.41, 5.74) is 3.06. The van der Waals surface area contributed by atoms with E-state index in [1.807, 2.05) is 48.5 Å². The molecule has 0 bridgehead atoms. The van der Waals surface area contributed by atoms with Gasteiger partial charge < -0.3 is 14.6 Å². The third kappa shape index (κ3) is 2.42. The molecule has 1 N–H and O–H groups in total. The Kier molecular flexibility index (Phi) is 3.72. The molecule has 2 aromatic carbocycles. The van der Waals surface area contributed by atoms with Crippen LogP contribution in [0.3, 0.4) is 0 Å². The maximum absolute atomic E-state index is 10.3. The molecule has 1 unspecified atom stereocenters. The molecule has 0 aromatic heterocycles. The van der Waals surface area contributed by atoms with Crippen LogP contribution < -0.4 is 4.74 Å². The number of methoxy groups -OCH3 is 1. The van der Waals surface area contributed by atoms with Crippen molar-refractivity contribution in [1.82, 2.24) is 0 Å². The van der Waals surface area contributed by atoms with Crippen LogP contribution in [0.25, 0.3) is 0 Å². The summed E-state index contributed by atoms with van der Waals surface area (Å²) in [6, 6.07) is 15.7. The van der Waals surface area contributed by atoms with E-state index in [0.29, 0.717) is 13.0 Å². The molecule has 1 aliphatic rings. The highest BCUT2D eigenvalue weighted by atomic mass is 16.5. The van der Waals surface area contributed by atoms with Crippen molar-refractivity contribution < 1.29 is 14.6 Å². The van der Waals surface area contributed by atoms with Gasteiger partial charge in [-0.15, -0.1) is 0 Å². The highest BCUT2D eigenvalue weighted by Gasteiger charge is 2.28. The average molecular weight is 270 g/mol. The Morgan fingerprint density at radius 3 is 2.60 bits per heavy atom. The molecule has 0 radical (unpaired) electrons. The molecule has 2 atom stereocenters. The molecular weight excluding hydrogens is 252 g/mol. The average Bonchev–Trinajstić information content (AvgIpc) is 2.48. The van der Waals surface area contributed by atoms with E-state index in [4.69, 9.17) is 9.47 Å². The third-order valence-electron chi connectivity index (χ3n) is 3.69. The van der Waals surface area contributed by atoms with Crippen molar-refractivity contribution in [3.05, 3.63) is 65.2 Å². The fourth-order valence-corrected chi connectivity index (χ4v) is 2.72. The second kappa shape index (κ2) is 5.65. The first-order valence-corrected chi connectivity index (χ1v) is 6.80. The zero-order valence-electron chi connectivity index (χ0n) is 11.5. The van der Waals surface area contributed by atoms with Gasteiger partial charge in [-0.2, -0.15) is 0 Å². The summed E-state index contributed by atoms with van der Waals surface area (Å²) in [7, 11) is 1.68. The summed E-state index contributed by atoms with van der Waals surface area (Å²) in [6.07, 6.45) is -0.0515. The minimum atomic E-state index is -0.486. The first-order valence-electron chi connectivity index (χ1n) is 6.80. The summed E-state index contributed by atoms with van der Waals surface area (Å²) in [4.78, 5) is 0. The van der Waals surface area contributed by atoms with Gasteiger partial charge in [-0.3, -0.25) is 0 Å². The molecule has 3 nitrogen and oxygen atoms in total. The topological polar surface area (TPSA) is 38.7 Å². The largest absolute Gasteiger partial charge is 0.485 e. The van der Waals surface area contributed by atoms with Crippen LogP contribution in [0.5, 0.6) is 5.75 Å². The van der Waals surface area contributed by atoms with Crippen LogP contribution in [-0.4, -0.2) is 12.2 Å². The lowest BCUT2D eigenvalue weighted by Crippen LogP contribution is -2.20. The molecule has 0 fully saturated rings. The molecule has 0 saturated carbocycles. The first-order chi connectivity index (χ1) is 9.79. The first kappa shape index (κ1) is 13.2. The molecule has 0 aliphatic carbocycles. The normalized spacial score (nSPS) is 21.1. The fraction of sp³-hybridized carbons (Fsp3) is 0.294. The Morgan fingerprint density at radius 1 is 1.10 bits per heavy atom. The van der Waals surface area contributed by atoms with E-state index in [1.54, 1.807) is 7.11 Å². The number of aliphatic hydroxyl groups excluding tert-OH is 1. The van der Waals surface area contributed by atoms with Gasteiger partial charge in [0.2, 0.25) is 0 Å². The minimum Gasteiger partial charge on any atom is -0.485 e. The summed E-state index contributed by atoms with van der Waals surface area (Å²) < 4.78 is 11.3. The smallest absolute Gasteiger partial charge is 0.127 e. The number of hydrogen-bond donors (Lipinski definition) is 1. The van der Waals surface area contributed by atoms with Crippen molar-refractivity contribution in [2.24, 2.45) is 0 Å². The van der Waals surface area contributed by atoms with Crippen molar-refractivity contribution in [3.8, 4) is 5.75 Å². The molecule has 20 heavy (non-hydrogen) atoms. The van der Waals surface area contributed by atoms with E-state index in [-0.39, 0.29) is 6.10 Å². The van der Waals surface area contributed by atoms with Crippen LogP contribution in [0.4, 0.5) is 0 Å². The lowest BCUT2D eigenvalue weighted by Gasteiger charge is -2.30. The molecule has 0 saturated heterocycles. The lowest BCUT2D eigenvalue weighted by atomic mass is 9.92. The van der Waals surface area contributed by atoms with Gasteiger partial charge in [0.1, 0.15) is 11.9 Å². The van der Waals surface area contributed by atoms with Crippen LogP contribution in [0.15, 0.2) is 48.5 Å². The standard InChI is InChI=1S/C17H18O3/c1-19-11-12-6-2-3-7-13(12)17-10-15(18)14-8-4-5-9-16(14)20-17/h2-9,15,17-18H,10-11H2,1H3/t15-,17?/m1/s1. The van der Waals surface area contributed by atoms with Crippen LogP contribution in [-0.2, 0) is 11.3 Å². The number of rotatable bonds is 3. The van der Waals surface area contributed by atoms with Gasteiger partial charge in [-0.1, -0.05) is 42.5 Å². The van der Waals surface area contributed by atoms with Gasteiger partial charge in [0.25, 0.3) is 0 Å². The fourth-order valence-electron chi connectivity index (χ4n) is 2.72. The quantitative estimate of drug-likeness (QED) is 0.929. The molecule has 3 rings (SSSR count). The van der Waals surface area contributed by atoms with Crippen LogP contribution >= 0.6 is 0 Å². The number of benzene rings is 2. The zero-order chi connectivity index (χ0) is 13.9. The molecule has 1 aliphatic heterocycles. The summed E-state index contributed by atoms with van der Waals surface area (Å²) in [5.74, 6) is 0.767. The van der Waals surface area contributed by atoms with Gasteiger partial charge in [-0.25, -0.2) is 0 Å². The minimum absolute atomic E-state index is 0.133. The Balaban J connectivity index is 1.94. The Morgan fingerprint density at radius 2 is 1.80 bits per heavy atom. The van der Waals surface area contributed by atoms with Crippen molar-refractivity contribution in [1.29, 1.82) is 0 Å². The third-order valence-corrected chi connectivity index (χ3v) is 3.69. The van der Waals surface area contributed by atoms with Gasteiger partial charge in [0, 0.05) is 19.1 Å². The van der Waals surface area contributed by atoms with Gasteiger partial charge >= 0.3 is 0 Å². The highest BCUT2D eigenvalue weighted by molar-refractivity contribution is 5.39. The van der Waals surface area contributed by atoms with Crippen LogP contribution in [0.1, 0.15) is 35.3 Å². The summed E-state index contributed by atoms with van der Waals surface area (Å²) in [6.45, 7) is 0.549. The number of aliphatic hydroxyl groups is 1. The van der Waals surface area contributed by atoms with E-state index < -0.39 is 6.10 Å². The Labute approximate surface area is 118 Å². The number of fused-ring (bicyclic) bond motifs is 1.